The SMILES string of the molecule is COc1cc(C(N)Cc2nc(C)c(C)s2)cc(Cl)c1OC. The van der Waals surface area contributed by atoms with E-state index in [4.69, 9.17) is 26.8 Å². The lowest BCUT2D eigenvalue weighted by Crippen LogP contribution is -2.13. The minimum Gasteiger partial charge on any atom is -0.493 e. The van der Waals surface area contributed by atoms with Crippen LogP contribution in [-0.2, 0) is 6.42 Å². The number of methoxy groups -OCH3 is 2. The van der Waals surface area contributed by atoms with Crippen LogP contribution < -0.4 is 15.2 Å². The summed E-state index contributed by atoms with van der Waals surface area (Å²) < 4.78 is 10.5. The smallest absolute Gasteiger partial charge is 0.179 e. The molecule has 0 fully saturated rings. The van der Waals surface area contributed by atoms with Crippen molar-refractivity contribution < 1.29 is 9.47 Å². The third kappa shape index (κ3) is 3.48. The van der Waals surface area contributed by atoms with Gasteiger partial charge in [-0.05, 0) is 31.5 Å². The molecule has 0 saturated carbocycles. The summed E-state index contributed by atoms with van der Waals surface area (Å²) in [6.45, 7) is 4.07. The molecule has 0 aliphatic heterocycles. The highest BCUT2D eigenvalue weighted by Gasteiger charge is 2.16. The van der Waals surface area contributed by atoms with Crippen LogP contribution in [0, 0.1) is 13.8 Å². The summed E-state index contributed by atoms with van der Waals surface area (Å²) in [5, 5.41) is 1.53. The zero-order chi connectivity index (χ0) is 15.6. The molecule has 2 rings (SSSR count). The standard InChI is InChI=1S/C15H19ClN2O2S/c1-8-9(2)21-14(18-8)7-12(17)10-5-11(16)15(20-4)13(6-10)19-3/h5-6,12H,7,17H2,1-4H3. The van der Waals surface area contributed by atoms with Gasteiger partial charge in [-0.1, -0.05) is 11.6 Å². The highest BCUT2D eigenvalue weighted by atomic mass is 35.5. The average Bonchev–Trinajstić information content (AvgIpc) is 2.76. The fourth-order valence-electron chi connectivity index (χ4n) is 2.08. The molecule has 0 spiro atoms. The van der Waals surface area contributed by atoms with E-state index in [-0.39, 0.29) is 6.04 Å². The maximum atomic E-state index is 6.28. The first-order valence-electron chi connectivity index (χ1n) is 6.56. The lowest BCUT2D eigenvalue weighted by molar-refractivity contribution is 0.354. The van der Waals surface area contributed by atoms with E-state index in [9.17, 15) is 0 Å². The largest absolute Gasteiger partial charge is 0.493 e. The summed E-state index contributed by atoms with van der Waals surface area (Å²) in [4.78, 5) is 5.75. The molecule has 21 heavy (non-hydrogen) atoms. The molecule has 0 aliphatic carbocycles. The van der Waals surface area contributed by atoms with Crippen molar-refractivity contribution in [2.24, 2.45) is 5.73 Å². The van der Waals surface area contributed by atoms with Crippen LogP contribution in [0.25, 0.3) is 0 Å². The van der Waals surface area contributed by atoms with Crippen LogP contribution >= 0.6 is 22.9 Å². The molecule has 1 unspecified atom stereocenters. The predicted octanol–water partition coefficient (Wildman–Crippen LogP) is 3.67. The normalized spacial score (nSPS) is 12.3. The van der Waals surface area contributed by atoms with Crippen LogP contribution in [0.2, 0.25) is 5.02 Å². The fraction of sp³-hybridized carbons (Fsp3) is 0.400. The molecule has 1 aromatic carbocycles. The number of benzene rings is 1. The van der Waals surface area contributed by atoms with E-state index < -0.39 is 0 Å². The van der Waals surface area contributed by atoms with Gasteiger partial charge in [0.15, 0.2) is 11.5 Å². The molecule has 2 N–H and O–H groups in total. The summed E-state index contributed by atoms with van der Waals surface area (Å²) in [7, 11) is 3.14. The van der Waals surface area contributed by atoms with Crippen molar-refractivity contribution in [3.05, 3.63) is 38.3 Å². The number of rotatable bonds is 5. The molecule has 1 atom stereocenters. The van der Waals surface area contributed by atoms with E-state index >= 15 is 0 Å². The third-order valence-corrected chi connectivity index (χ3v) is 4.73. The molecule has 0 saturated heterocycles. The summed E-state index contributed by atoms with van der Waals surface area (Å²) in [5.41, 5.74) is 8.25. The average molecular weight is 327 g/mol. The molecular weight excluding hydrogens is 308 g/mol. The van der Waals surface area contributed by atoms with E-state index in [1.54, 1.807) is 25.6 Å². The van der Waals surface area contributed by atoms with E-state index in [0.29, 0.717) is 22.9 Å². The van der Waals surface area contributed by atoms with Gasteiger partial charge < -0.3 is 15.2 Å². The number of aromatic nitrogens is 1. The van der Waals surface area contributed by atoms with Crippen molar-refractivity contribution >= 4 is 22.9 Å². The number of ether oxygens (including phenoxy) is 2. The molecule has 1 aromatic heterocycles. The van der Waals surface area contributed by atoms with Gasteiger partial charge in [-0.3, -0.25) is 0 Å². The first-order chi connectivity index (χ1) is 9.96. The van der Waals surface area contributed by atoms with Gasteiger partial charge in [-0.15, -0.1) is 11.3 Å². The second-order valence-electron chi connectivity index (χ2n) is 4.80. The van der Waals surface area contributed by atoms with Gasteiger partial charge in [0.25, 0.3) is 0 Å². The highest BCUT2D eigenvalue weighted by molar-refractivity contribution is 7.11. The zero-order valence-corrected chi connectivity index (χ0v) is 14.1. The van der Waals surface area contributed by atoms with E-state index in [1.165, 1.54) is 4.88 Å². The number of nitrogens with two attached hydrogens (primary N) is 1. The molecule has 0 radical (unpaired) electrons. The first-order valence-corrected chi connectivity index (χ1v) is 7.75. The maximum absolute atomic E-state index is 6.28. The summed E-state index contributed by atoms with van der Waals surface area (Å²) in [5.74, 6) is 1.11. The summed E-state index contributed by atoms with van der Waals surface area (Å²) in [6, 6.07) is 3.50. The Bertz CT molecular complexity index is 623. The topological polar surface area (TPSA) is 57.4 Å². The number of thiazole rings is 1. The number of aryl methyl sites for hydroxylation is 2. The molecule has 0 aliphatic rings. The summed E-state index contributed by atoms with van der Waals surface area (Å²) in [6.07, 6.45) is 0.672. The van der Waals surface area contributed by atoms with Gasteiger partial charge in [0.2, 0.25) is 0 Å². The number of halogens is 1. The monoisotopic (exact) mass is 326 g/mol. The molecule has 1 heterocycles. The Hall–Kier alpha value is -1.30. The molecule has 0 bridgehead atoms. The summed E-state index contributed by atoms with van der Waals surface area (Å²) >= 11 is 7.90. The van der Waals surface area contributed by atoms with Crippen molar-refractivity contribution in [3.63, 3.8) is 0 Å². The Morgan fingerprint density at radius 2 is 2.00 bits per heavy atom. The molecule has 0 amide bonds. The van der Waals surface area contributed by atoms with Gasteiger partial charge in [-0.2, -0.15) is 0 Å². The molecular formula is C15H19ClN2O2S. The number of hydrogen-bond acceptors (Lipinski definition) is 5. The number of nitrogens with zero attached hydrogens (tertiary/aromatic N) is 1. The van der Waals surface area contributed by atoms with Crippen LogP contribution in [0.1, 0.15) is 27.2 Å². The van der Waals surface area contributed by atoms with E-state index in [1.807, 2.05) is 19.1 Å². The molecule has 114 valence electrons. The first kappa shape index (κ1) is 16.1. The predicted molar refractivity (Wildman–Crippen MR) is 86.8 cm³/mol. The maximum Gasteiger partial charge on any atom is 0.179 e. The van der Waals surface area contributed by atoms with Crippen LogP contribution in [0.5, 0.6) is 11.5 Å². The lowest BCUT2D eigenvalue weighted by Gasteiger charge is -2.15. The van der Waals surface area contributed by atoms with Gasteiger partial charge in [0, 0.05) is 17.3 Å². The molecule has 4 nitrogen and oxygen atoms in total. The second-order valence-corrected chi connectivity index (χ2v) is 6.49. The fourth-order valence-corrected chi connectivity index (χ4v) is 3.37. The van der Waals surface area contributed by atoms with Gasteiger partial charge >= 0.3 is 0 Å². The van der Waals surface area contributed by atoms with Crippen molar-refractivity contribution in [1.82, 2.24) is 4.98 Å². The van der Waals surface area contributed by atoms with Gasteiger partial charge in [-0.25, -0.2) is 4.98 Å². The third-order valence-electron chi connectivity index (χ3n) is 3.35. The van der Waals surface area contributed by atoms with E-state index in [2.05, 4.69) is 11.9 Å². The van der Waals surface area contributed by atoms with E-state index in [0.717, 1.165) is 16.3 Å². The molecule has 2 aromatic rings. The van der Waals surface area contributed by atoms with Crippen LogP contribution in [0.3, 0.4) is 0 Å². The Balaban J connectivity index is 2.26. The zero-order valence-electron chi connectivity index (χ0n) is 12.6. The number of hydrogen-bond donors (Lipinski definition) is 1. The van der Waals surface area contributed by atoms with Gasteiger partial charge in [0.05, 0.1) is 29.9 Å². The minimum absolute atomic E-state index is 0.188. The second kappa shape index (κ2) is 6.64. The van der Waals surface area contributed by atoms with Crippen molar-refractivity contribution in [1.29, 1.82) is 0 Å². The van der Waals surface area contributed by atoms with Crippen molar-refractivity contribution in [2.45, 2.75) is 26.3 Å². The van der Waals surface area contributed by atoms with Crippen LogP contribution in [0.15, 0.2) is 12.1 Å². The Kier molecular flexibility index (Phi) is 5.08. The van der Waals surface area contributed by atoms with Crippen LogP contribution in [-0.4, -0.2) is 19.2 Å². The lowest BCUT2D eigenvalue weighted by atomic mass is 10.0. The highest BCUT2D eigenvalue weighted by Crippen LogP contribution is 2.37. The Morgan fingerprint density at radius 3 is 2.52 bits per heavy atom. The van der Waals surface area contributed by atoms with Gasteiger partial charge in [0.1, 0.15) is 0 Å². The molecule has 6 heteroatoms. The minimum atomic E-state index is -0.188. The Labute approximate surface area is 133 Å². The Morgan fingerprint density at radius 1 is 1.29 bits per heavy atom. The van der Waals surface area contributed by atoms with Crippen molar-refractivity contribution in [2.75, 3.05) is 14.2 Å². The van der Waals surface area contributed by atoms with Crippen LogP contribution in [0.4, 0.5) is 0 Å². The van der Waals surface area contributed by atoms with Crippen molar-refractivity contribution in [3.8, 4) is 11.5 Å². The quantitative estimate of drug-likeness (QED) is 0.910.